The number of thiazole rings is 1. The zero-order valence-electron chi connectivity index (χ0n) is 14.9. The van der Waals surface area contributed by atoms with Crippen molar-refractivity contribution in [2.75, 3.05) is 39.4 Å². The number of halogens is 1. The Morgan fingerprint density at radius 2 is 2.04 bits per heavy atom. The minimum Gasteiger partial charge on any atom is -0.379 e. The highest BCUT2D eigenvalue weighted by atomic mass is 32.1. The molecule has 1 N–H and O–H groups in total. The lowest BCUT2D eigenvalue weighted by Gasteiger charge is -2.26. The number of morpholine rings is 1. The van der Waals surface area contributed by atoms with Gasteiger partial charge >= 0.3 is 0 Å². The Hall–Kier alpha value is -2.29. The van der Waals surface area contributed by atoms with Crippen molar-refractivity contribution in [3.63, 3.8) is 0 Å². The number of fused-ring (bicyclic) bond motifs is 1. The van der Waals surface area contributed by atoms with E-state index in [0.717, 1.165) is 54.8 Å². The number of hydrogen-bond acceptors (Lipinski definition) is 5. The van der Waals surface area contributed by atoms with Crippen LogP contribution in [0.1, 0.15) is 5.69 Å². The number of hydrogen-bond donors (Lipinski definition) is 1. The molecule has 0 unspecified atom stereocenters. The highest BCUT2D eigenvalue weighted by Crippen LogP contribution is 2.24. The summed E-state index contributed by atoms with van der Waals surface area (Å²) >= 11 is 1.50. The second kappa shape index (κ2) is 8.16. The molecule has 2 aromatic heterocycles. The first kappa shape index (κ1) is 18.1. The number of nitrogens with one attached hydrogen (secondary N) is 1. The van der Waals surface area contributed by atoms with Crippen molar-refractivity contribution in [1.29, 1.82) is 0 Å². The fourth-order valence-electron chi connectivity index (χ4n) is 3.12. The van der Waals surface area contributed by atoms with E-state index in [4.69, 9.17) is 4.74 Å². The average molecular weight is 388 g/mol. The van der Waals surface area contributed by atoms with Gasteiger partial charge in [-0.05, 0) is 24.3 Å². The molecule has 8 heteroatoms. The summed E-state index contributed by atoms with van der Waals surface area (Å²) in [5.41, 5.74) is 2.53. The first-order valence-electron chi connectivity index (χ1n) is 8.97. The quantitative estimate of drug-likeness (QED) is 0.703. The molecule has 27 heavy (non-hydrogen) atoms. The van der Waals surface area contributed by atoms with E-state index in [1.807, 2.05) is 16.0 Å². The average Bonchev–Trinajstić information content (AvgIpc) is 3.25. The van der Waals surface area contributed by atoms with Crippen LogP contribution in [0.5, 0.6) is 0 Å². The molecule has 0 saturated carbocycles. The summed E-state index contributed by atoms with van der Waals surface area (Å²) in [7, 11) is 0. The predicted octanol–water partition coefficient (Wildman–Crippen LogP) is 2.19. The SMILES string of the molecule is O=C(Cc1csc2nc(-c3ccc(F)cc3)cn12)NCCN1CCOCC1. The van der Waals surface area contributed by atoms with Crippen LogP contribution in [0.3, 0.4) is 0 Å². The molecule has 3 heterocycles. The zero-order chi connectivity index (χ0) is 18.6. The largest absolute Gasteiger partial charge is 0.379 e. The third kappa shape index (κ3) is 4.35. The Kier molecular flexibility index (Phi) is 5.47. The monoisotopic (exact) mass is 388 g/mol. The van der Waals surface area contributed by atoms with Crippen LogP contribution in [0.2, 0.25) is 0 Å². The van der Waals surface area contributed by atoms with E-state index in [0.29, 0.717) is 13.0 Å². The van der Waals surface area contributed by atoms with Gasteiger partial charge in [0.05, 0.1) is 25.3 Å². The van der Waals surface area contributed by atoms with E-state index in [1.54, 1.807) is 12.1 Å². The lowest BCUT2D eigenvalue weighted by atomic mass is 10.2. The maximum Gasteiger partial charge on any atom is 0.226 e. The van der Waals surface area contributed by atoms with Crippen molar-refractivity contribution in [3.8, 4) is 11.3 Å². The van der Waals surface area contributed by atoms with Crippen LogP contribution in [0.4, 0.5) is 4.39 Å². The molecule has 0 radical (unpaired) electrons. The molecule has 6 nitrogen and oxygen atoms in total. The minimum atomic E-state index is -0.269. The molecule has 1 saturated heterocycles. The molecule has 1 amide bonds. The highest BCUT2D eigenvalue weighted by molar-refractivity contribution is 7.15. The van der Waals surface area contributed by atoms with E-state index in [9.17, 15) is 9.18 Å². The predicted molar refractivity (Wildman–Crippen MR) is 102 cm³/mol. The Morgan fingerprint density at radius 1 is 1.26 bits per heavy atom. The van der Waals surface area contributed by atoms with Crippen molar-refractivity contribution in [3.05, 3.63) is 47.4 Å². The van der Waals surface area contributed by atoms with Crippen LogP contribution in [0.15, 0.2) is 35.8 Å². The van der Waals surface area contributed by atoms with E-state index < -0.39 is 0 Å². The van der Waals surface area contributed by atoms with E-state index in [1.165, 1.54) is 23.5 Å². The van der Waals surface area contributed by atoms with Crippen LogP contribution >= 0.6 is 11.3 Å². The number of carbonyl (C=O) groups is 1. The van der Waals surface area contributed by atoms with Crippen molar-refractivity contribution < 1.29 is 13.9 Å². The van der Waals surface area contributed by atoms with Gasteiger partial charge in [0.15, 0.2) is 4.96 Å². The second-order valence-corrected chi connectivity index (χ2v) is 7.33. The number of rotatable bonds is 6. The molecule has 1 aromatic carbocycles. The summed E-state index contributed by atoms with van der Waals surface area (Å²) in [6, 6.07) is 6.26. The number of aromatic nitrogens is 2. The number of imidazole rings is 1. The van der Waals surface area contributed by atoms with Gasteiger partial charge in [-0.2, -0.15) is 0 Å². The van der Waals surface area contributed by atoms with Gasteiger partial charge in [0.25, 0.3) is 0 Å². The van der Waals surface area contributed by atoms with Crippen LogP contribution in [0, 0.1) is 5.82 Å². The molecule has 142 valence electrons. The molecule has 1 aliphatic heterocycles. The molecule has 0 aliphatic carbocycles. The van der Waals surface area contributed by atoms with Gasteiger partial charge in [0.2, 0.25) is 5.91 Å². The maximum atomic E-state index is 13.1. The fraction of sp³-hybridized carbons (Fsp3) is 0.368. The van der Waals surface area contributed by atoms with Gasteiger partial charge in [0.1, 0.15) is 5.82 Å². The number of carbonyl (C=O) groups excluding carboxylic acids is 1. The van der Waals surface area contributed by atoms with Crippen LogP contribution in [-0.4, -0.2) is 59.6 Å². The van der Waals surface area contributed by atoms with E-state index in [2.05, 4.69) is 15.2 Å². The highest BCUT2D eigenvalue weighted by Gasteiger charge is 2.14. The van der Waals surface area contributed by atoms with Crippen LogP contribution < -0.4 is 5.32 Å². The molecule has 1 fully saturated rings. The summed E-state index contributed by atoms with van der Waals surface area (Å²) in [5, 5.41) is 4.94. The third-order valence-electron chi connectivity index (χ3n) is 4.62. The molecule has 3 aromatic rings. The minimum absolute atomic E-state index is 0.00000776. The van der Waals surface area contributed by atoms with Crippen molar-refractivity contribution in [2.45, 2.75) is 6.42 Å². The molecule has 4 rings (SSSR count). The normalized spacial score (nSPS) is 15.3. The molecule has 0 atom stereocenters. The second-order valence-electron chi connectivity index (χ2n) is 6.49. The Morgan fingerprint density at radius 3 is 2.81 bits per heavy atom. The number of amides is 1. The number of nitrogens with zero attached hydrogens (tertiary/aromatic N) is 3. The van der Waals surface area contributed by atoms with Gasteiger partial charge in [-0.1, -0.05) is 0 Å². The zero-order valence-corrected chi connectivity index (χ0v) is 15.7. The third-order valence-corrected chi connectivity index (χ3v) is 5.51. The lowest BCUT2D eigenvalue weighted by Crippen LogP contribution is -2.41. The molecular weight excluding hydrogens is 367 g/mol. The van der Waals surface area contributed by atoms with Crippen molar-refractivity contribution in [1.82, 2.24) is 19.6 Å². The van der Waals surface area contributed by atoms with Crippen LogP contribution in [-0.2, 0) is 16.0 Å². The van der Waals surface area contributed by atoms with Crippen molar-refractivity contribution >= 4 is 22.2 Å². The van der Waals surface area contributed by atoms with Gasteiger partial charge in [0, 0.05) is 49.0 Å². The fourth-order valence-corrected chi connectivity index (χ4v) is 3.99. The van der Waals surface area contributed by atoms with Gasteiger partial charge < -0.3 is 10.1 Å². The first-order valence-corrected chi connectivity index (χ1v) is 9.85. The van der Waals surface area contributed by atoms with E-state index >= 15 is 0 Å². The van der Waals surface area contributed by atoms with Gasteiger partial charge in [-0.25, -0.2) is 9.37 Å². The lowest BCUT2D eigenvalue weighted by molar-refractivity contribution is -0.120. The number of ether oxygens (including phenoxy) is 1. The van der Waals surface area contributed by atoms with E-state index in [-0.39, 0.29) is 11.7 Å². The Bertz CT molecular complexity index is 916. The van der Waals surface area contributed by atoms with Gasteiger partial charge in [-0.15, -0.1) is 11.3 Å². The first-order chi connectivity index (χ1) is 13.2. The molecule has 1 aliphatic rings. The maximum absolute atomic E-state index is 13.1. The van der Waals surface area contributed by atoms with Crippen LogP contribution in [0.25, 0.3) is 16.2 Å². The Labute approximate surface area is 160 Å². The van der Waals surface area contributed by atoms with Crippen molar-refractivity contribution in [2.24, 2.45) is 0 Å². The summed E-state index contributed by atoms with van der Waals surface area (Å²) < 4.78 is 20.4. The Balaban J connectivity index is 1.37. The standard InChI is InChI=1S/C19H21FN4O2S/c20-15-3-1-14(2-4-15)17-12-24-16(13-27-19(24)22-17)11-18(25)21-5-6-23-7-9-26-10-8-23/h1-4,12-13H,5-11H2,(H,21,25). The molecule has 0 spiro atoms. The van der Waals surface area contributed by atoms with Gasteiger partial charge in [-0.3, -0.25) is 14.1 Å². The topological polar surface area (TPSA) is 58.9 Å². The molecule has 0 bridgehead atoms. The summed E-state index contributed by atoms with van der Waals surface area (Å²) in [4.78, 5) is 20.0. The smallest absolute Gasteiger partial charge is 0.226 e. The summed E-state index contributed by atoms with van der Waals surface area (Å²) in [6.07, 6.45) is 2.21. The molecular formula is C19H21FN4O2S. The summed E-state index contributed by atoms with van der Waals surface area (Å²) in [6.45, 7) is 4.84. The summed E-state index contributed by atoms with van der Waals surface area (Å²) in [5.74, 6) is -0.269. The number of benzene rings is 1.